The van der Waals surface area contributed by atoms with E-state index >= 15 is 0 Å². The maximum atomic E-state index is 12.8. The molecule has 4 aromatic carbocycles. The Balaban J connectivity index is 1.51. The minimum atomic E-state index is -1.12. The number of carboxylic acid groups (broad SMARTS) is 3. The monoisotopic (exact) mass is 809 g/mol. The predicted octanol–water partition coefficient (Wildman–Crippen LogP) is 9.94. The lowest BCUT2D eigenvalue weighted by Crippen LogP contribution is -2.02. The van der Waals surface area contributed by atoms with E-state index in [2.05, 4.69) is 15.4 Å². The summed E-state index contributed by atoms with van der Waals surface area (Å²) in [5, 5.41) is 31.3. The van der Waals surface area contributed by atoms with Crippen LogP contribution in [0, 0.1) is 0 Å². The van der Waals surface area contributed by atoms with Gasteiger partial charge in [0, 0.05) is 66.6 Å². The molecule has 8 bridgehead atoms. The Morgan fingerprint density at radius 3 is 1.33 bits per heavy atom. The molecule has 0 saturated heterocycles. The summed E-state index contributed by atoms with van der Waals surface area (Å²) in [5.74, 6) is -3.36. The quantitative estimate of drug-likeness (QED) is 0.0567. The summed E-state index contributed by atoms with van der Waals surface area (Å²) in [5.41, 5.74) is 12.2. The van der Waals surface area contributed by atoms with Gasteiger partial charge in [-0.05, 0) is 73.5 Å². The molecule has 9 rings (SSSR count). The molecule has 0 aliphatic carbocycles. The number of carbonyl (C=O) groups is 3. The Morgan fingerprint density at radius 2 is 0.885 bits per heavy atom. The Bertz CT molecular complexity index is 3150. The molecule has 13 heteroatoms. The summed E-state index contributed by atoms with van der Waals surface area (Å²) >= 11 is 0. The molecule has 61 heavy (non-hydrogen) atoms. The van der Waals surface area contributed by atoms with Crippen LogP contribution in [0.4, 0.5) is 5.69 Å². The Kier molecular flexibility index (Phi) is 10.0. The molecule has 0 saturated carbocycles. The molecule has 0 radical (unpaired) electrons. The van der Waals surface area contributed by atoms with Gasteiger partial charge in [0.05, 0.1) is 52.3 Å². The van der Waals surface area contributed by atoms with Gasteiger partial charge >= 0.3 is 17.9 Å². The summed E-state index contributed by atoms with van der Waals surface area (Å²) in [6, 6.07) is 35.0. The number of nitrogens with zero attached hydrogens (tertiary/aromatic N) is 2. The minimum absolute atomic E-state index is 0.0571. The van der Waals surface area contributed by atoms with E-state index in [9.17, 15) is 29.7 Å². The fraction of sp³-hybridized carbons (Fsp3) is 0.0625. The van der Waals surface area contributed by atoms with E-state index < -0.39 is 17.9 Å². The first-order valence-electron chi connectivity index (χ1n) is 19.2. The van der Waals surface area contributed by atoms with Crippen LogP contribution in [0.2, 0.25) is 0 Å². The first kappa shape index (κ1) is 38.4. The van der Waals surface area contributed by atoms with Gasteiger partial charge in [-0.15, -0.1) is 4.99 Å². The van der Waals surface area contributed by atoms with E-state index in [-0.39, 0.29) is 16.7 Å². The molecule has 6 N–H and O–H groups in total. The average molecular weight is 810 g/mol. The zero-order valence-corrected chi connectivity index (χ0v) is 32.4. The van der Waals surface area contributed by atoms with Gasteiger partial charge in [-0.2, -0.15) is 0 Å². The second-order valence-corrected chi connectivity index (χ2v) is 14.2. The van der Waals surface area contributed by atoms with Gasteiger partial charge in [-0.1, -0.05) is 72.8 Å². The third kappa shape index (κ3) is 6.99. The number of aromatic carboxylic acids is 3. The van der Waals surface area contributed by atoms with E-state index in [1.54, 1.807) is 60.7 Å². The van der Waals surface area contributed by atoms with Crippen molar-refractivity contribution in [3.05, 3.63) is 161 Å². The van der Waals surface area contributed by atoms with E-state index in [4.69, 9.17) is 19.8 Å². The summed E-state index contributed by atoms with van der Waals surface area (Å²) in [7, 11) is 1.38. The number of hydrogen-bond donors (Lipinski definition) is 6. The van der Waals surface area contributed by atoms with Gasteiger partial charge in [0.1, 0.15) is 0 Å². The Hall–Kier alpha value is -8.13. The molecule has 7 aromatic rings. The SMILES string of the molecule is COONc1ccccc1-c1c2nc(c(-c3ccccc3C(=O)O)c3ccc([nH]3)c(-c3ccccc3C(=O)O)c3nc(c(-c4ccccc4C(=O)O)c4ccc1[nH]4)CC3)C=C2. The fourth-order valence-electron chi connectivity index (χ4n) is 8.18. The molecule has 0 spiro atoms. The largest absolute Gasteiger partial charge is 0.478 e. The zero-order chi connectivity index (χ0) is 42.2. The number of fused-ring (bicyclic) bond motifs is 8. The normalized spacial score (nSPS) is 12.0. The van der Waals surface area contributed by atoms with Crippen LogP contribution in [0.15, 0.2) is 121 Å². The van der Waals surface area contributed by atoms with Crippen molar-refractivity contribution < 1.29 is 39.6 Å². The molecule has 2 aliphatic rings. The highest BCUT2D eigenvalue weighted by Gasteiger charge is 2.25. The van der Waals surface area contributed by atoms with Gasteiger partial charge in [0.15, 0.2) is 0 Å². The number of para-hydroxylation sites is 1. The van der Waals surface area contributed by atoms with Gasteiger partial charge in [-0.3, -0.25) is 4.98 Å². The van der Waals surface area contributed by atoms with Crippen molar-refractivity contribution >= 4 is 57.8 Å². The molecule has 0 atom stereocenters. The van der Waals surface area contributed by atoms with Gasteiger partial charge in [-0.25, -0.2) is 29.7 Å². The van der Waals surface area contributed by atoms with Crippen molar-refractivity contribution in [2.75, 3.05) is 12.6 Å². The van der Waals surface area contributed by atoms with Crippen LogP contribution in [0.3, 0.4) is 0 Å². The van der Waals surface area contributed by atoms with Crippen LogP contribution >= 0.6 is 0 Å². The number of carboxylic acids is 3. The predicted molar refractivity (Wildman–Crippen MR) is 232 cm³/mol. The zero-order valence-electron chi connectivity index (χ0n) is 32.4. The molecular weight excluding hydrogens is 775 g/mol. The molecule has 13 nitrogen and oxygen atoms in total. The van der Waals surface area contributed by atoms with Crippen molar-refractivity contribution in [2.24, 2.45) is 0 Å². The summed E-state index contributed by atoms with van der Waals surface area (Å²) < 4.78 is 0. The maximum absolute atomic E-state index is 12.8. The topological polar surface area (TPSA) is 200 Å². The number of aryl methyl sites for hydroxylation is 2. The first-order chi connectivity index (χ1) is 29.7. The summed E-state index contributed by atoms with van der Waals surface area (Å²) in [6.07, 6.45) is 4.45. The van der Waals surface area contributed by atoms with Gasteiger partial charge < -0.3 is 25.3 Å². The molecule has 3 aromatic heterocycles. The highest BCUT2D eigenvalue weighted by molar-refractivity contribution is 6.05. The van der Waals surface area contributed by atoms with E-state index in [0.29, 0.717) is 108 Å². The number of benzene rings is 4. The number of H-pyrrole nitrogens is 2. The number of aromatic amines is 2. The maximum Gasteiger partial charge on any atom is 0.336 e. The smallest absolute Gasteiger partial charge is 0.336 e. The second-order valence-electron chi connectivity index (χ2n) is 14.2. The number of aromatic nitrogens is 4. The molecule has 5 heterocycles. The number of nitrogens with one attached hydrogen (secondary N) is 3. The van der Waals surface area contributed by atoms with Gasteiger partial charge in [0.25, 0.3) is 0 Å². The highest BCUT2D eigenvalue weighted by Crippen LogP contribution is 2.41. The van der Waals surface area contributed by atoms with Crippen LogP contribution in [0.5, 0.6) is 0 Å². The lowest BCUT2D eigenvalue weighted by Gasteiger charge is -2.12. The number of hydrogen-bond acceptors (Lipinski definition) is 8. The van der Waals surface area contributed by atoms with E-state index in [0.717, 1.165) is 0 Å². The van der Waals surface area contributed by atoms with Crippen LogP contribution < -0.4 is 5.48 Å². The first-order valence-corrected chi connectivity index (χ1v) is 19.2. The van der Waals surface area contributed by atoms with Crippen molar-refractivity contribution in [1.29, 1.82) is 0 Å². The Morgan fingerprint density at radius 1 is 0.508 bits per heavy atom. The molecule has 300 valence electrons. The fourth-order valence-corrected chi connectivity index (χ4v) is 8.18. The van der Waals surface area contributed by atoms with Crippen molar-refractivity contribution in [1.82, 2.24) is 19.9 Å². The molecule has 2 aliphatic heterocycles. The minimum Gasteiger partial charge on any atom is -0.478 e. The molecular formula is C48H35N5O8. The standard InChI is InChI=1S/C48H35N5O8/c1-60-61-53-33-17-9-8-16-32(33)45-40-24-22-38(51-40)43(27-11-3-6-14-30(27)47(56)57)36-20-18-34(49-36)42(26-10-2-5-13-29(26)46(54)55)35-19-21-37(50-35)44(39-23-25-41(45)52-39)28-12-4-7-15-31(28)48(58)59/h2-18,20,22-25,49,52-53H,19,21H2,1H3,(H,54,55)(H,56,57)(H,58,59). The second kappa shape index (κ2) is 15.9. The molecule has 0 amide bonds. The summed E-state index contributed by atoms with van der Waals surface area (Å²) in [6.45, 7) is 0. The van der Waals surface area contributed by atoms with E-state index in [1.807, 2.05) is 60.7 Å². The number of anilines is 1. The summed E-state index contributed by atoms with van der Waals surface area (Å²) in [4.78, 5) is 65.9. The third-order valence-electron chi connectivity index (χ3n) is 10.8. The lowest BCUT2D eigenvalue weighted by atomic mass is 9.96. The van der Waals surface area contributed by atoms with E-state index in [1.165, 1.54) is 19.2 Å². The molecule has 0 fully saturated rings. The van der Waals surface area contributed by atoms with Crippen LogP contribution in [0.1, 0.15) is 53.8 Å². The van der Waals surface area contributed by atoms with Crippen molar-refractivity contribution in [2.45, 2.75) is 12.8 Å². The Labute approximate surface area is 347 Å². The van der Waals surface area contributed by atoms with Crippen molar-refractivity contribution in [3.63, 3.8) is 0 Å². The van der Waals surface area contributed by atoms with Crippen molar-refractivity contribution in [3.8, 4) is 44.5 Å². The molecule has 0 unspecified atom stereocenters. The lowest BCUT2D eigenvalue weighted by molar-refractivity contribution is -0.248. The average Bonchev–Trinajstić information content (AvgIpc) is 4.12. The number of rotatable bonds is 10. The van der Waals surface area contributed by atoms with Gasteiger partial charge in [0.2, 0.25) is 0 Å². The third-order valence-corrected chi connectivity index (χ3v) is 10.8. The highest BCUT2D eigenvalue weighted by atomic mass is 17.3. The van der Waals surface area contributed by atoms with Crippen LogP contribution in [-0.4, -0.2) is 60.3 Å². The van der Waals surface area contributed by atoms with Crippen LogP contribution in [0.25, 0.3) is 78.7 Å². The van der Waals surface area contributed by atoms with Crippen LogP contribution in [-0.2, 0) is 22.7 Å².